The number of amidine groups is 1. The molecule has 7 rings (SSSR count). The molecule has 1 saturated heterocycles. The van der Waals surface area contributed by atoms with Gasteiger partial charge < -0.3 is 15.1 Å². The van der Waals surface area contributed by atoms with Crippen molar-refractivity contribution in [3.05, 3.63) is 74.8 Å². The zero-order valence-electron chi connectivity index (χ0n) is 23.7. The van der Waals surface area contributed by atoms with Crippen molar-refractivity contribution in [2.45, 2.75) is 61.6 Å². The first-order valence-electron chi connectivity index (χ1n) is 14.6. The van der Waals surface area contributed by atoms with Crippen LogP contribution in [0.3, 0.4) is 0 Å². The average molecular weight is 683 g/mol. The van der Waals surface area contributed by atoms with Crippen LogP contribution in [0.5, 0.6) is 0 Å². The van der Waals surface area contributed by atoms with E-state index in [0.717, 1.165) is 12.3 Å². The number of rotatable bonds is 8. The smallest absolute Gasteiger partial charge is 0.333 e. The van der Waals surface area contributed by atoms with Crippen molar-refractivity contribution in [1.29, 1.82) is 0 Å². The number of nitrogens with one attached hydrogen (secondary N) is 1. The molecule has 1 aromatic carbocycles. The number of fused-ring (bicyclic) bond motifs is 3. The Morgan fingerprint density at radius 2 is 1.96 bits per heavy atom. The standard InChI is InChI=1S/C29H30ClF3N6O4S2/c30-21-11-17(31)3-4-20(21)25-24(22-5-7-39(36-22)28(32)33)23-12-18(13-38(23)26(35-25)27-34-6-8-44-27)37-45(42,43)19-9-15-1-2-16(10-19)29(15,41)14-40/h3-8,11,15-16,18-19,25,28,37,40-41H,1-2,9-10,12-14H2/t15-,16?,18-,19-,25-,29+/m0/s1. The fourth-order valence-corrected chi connectivity index (χ4v) is 10.2. The minimum absolute atomic E-state index is 0.0899. The Kier molecular flexibility index (Phi) is 7.84. The number of hydrogen-bond donors (Lipinski definition) is 3. The minimum Gasteiger partial charge on any atom is -0.393 e. The van der Waals surface area contributed by atoms with Gasteiger partial charge in [-0.05, 0) is 55.7 Å². The molecule has 1 unspecified atom stereocenters. The van der Waals surface area contributed by atoms with Gasteiger partial charge in [-0.2, -0.15) is 13.9 Å². The molecule has 3 aromatic rings. The topological polar surface area (TPSA) is 133 Å². The van der Waals surface area contributed by atoms with Crippen molar-refractivity contribution < 1.29 is 31.8 Å². The third-order valence-corrected chi connectivity index (χ3v) is 12.6. The van der Waals surface area contributed by atoms with Gasteiger partial charge in [-0.15, -0.1) is 11.3 Å². The lowest BCUT2D eigenvalue weighted by Crippen LogP contribution is -2.53. The predicted molar refractivity (Wildman–Crippen MR) is 162 cm³/mol. The van der Waals surface area contributed by atoms with Crippen molar-refractivity contribution in [3.63, 3.8) is 0 Å². The maximum Gasteiger partial charge on any atom is 0.333 e. The van der Waals surface area contributed by atoms with Crippen molar-refractivity contribution >= 4 is 44.4 Å². The molecular formula is C29H30ClF3N6O4S2. The number of aliphatic hydroxyl groups excluding tert-OH is 1. The van der Waals surface area contributed by atoms with E-state index in [2.05, 4.69) is 14.8 Å². The molecule has 0 spiro atoms. The van der Waals surface area contributed by atoms with Gasteiger partial charge in [0.2, 0.25) is 10.0 Å². The fourth-order valence-electron chi connectivity index (χ4n) is 7.48. The molecule has 2 bridgehead atoms. The molecule has 0 radical (unpaired) electrons. The SMILES string of the molecule is O=S(=O)(N[C@H]1CC2=C(c3ccn(C(F)F)n3)[C@H](c3ccc(F)cc3Cl)N=C(c3nccs3)N2C1)[C@@H]1CC2CC[C@@H](C1)[C@]2(O)CO. The Labute approximate surface area is 266 Å². The van der Waals surface area contributed by atoms with Gasteiger partial charge in [-0.1, -0.05) is 17.7 Å². The first kappa shape index (κ1) is 30.8. The summed E-state index contributed by atoms with van der Waals surface area (Å²) in [4.78, 5) is 11.3. The monoisotopic (exact) mass is 682 g/mol. The zero-order chi connectivity index (χ0) is 31.7. The van der Waals surface area contributed by atoms with E-state index < -0.39 is 51.9 Å². The van der Waals surface area contributed by atoms with Gasteiger partial charge in [0.15, 0.2) is 10.8 Å². The molecule has 2 aliphatic heterocycles. The number of sulfonamides is 1. The van der Waals surface area contributed by atoms with Crippen LogP contribution in [0.25, 0.3) is 5.57 Å². The highest BCUT2D eigenvalue weighted by molar-refractivity contribution is 7.90. The second-order valence-corrected chi connectivity index (χ2v) is 15.4. The van der Waals surface area contributed by atoms with Crippen molar-refractivity contribution in [2.24, 2.45) is 16.8 Å². The minimum atomic E-state index is -3.86. The molecule has 2 aliphatic carbocycles. The Bertz CT molecular complexity index is 1770. The number of aromatic nitrogens is 3. The maximum atomic E-state index is 14.1. The van der Waals surface area contributed by atoms with Gasteiger partial charge in [0.1, 0.15) is 11.9 Å². The lowest BCUT2D eigenvalue weighted by molar-refractivity contribution is -0.0944. The van der Waals surface area contributed by atoms with Crippen LogP contribution in [-0.4, -0.2) is 74.2 Å². The van der Waals surface area contributed by atoms with Crippen LogP contribution < -0.4 is 4.72 Å². The van der Waals surface area contributed by atoms with Crippen LogP contribution in [0.15, 0.2) is 52.7 Å². The van der Waals surface area contributed by atoms with Gasteiger partial charge in [0.25, 0.3) is 0 Å². The van der Waals surface area contributed by atoms with E-state index in [9.17, 15) is 31.8 Å². The van der Waals surface area contributed by atoms with Crippen LogP contribution >= 0.6 is 22.9 Å². The fraction of sp³-hybridized carbons (Fsp3) is 0.483. The van der Waals surface area contributed by atoms with Gasteiger partial charge >= 0.3 is 6.55 Å². The maximum absolute atomic E-state index is 14.1. The number of hydrogen-bond acceptors (Lipinski definition) is 9. The number of halogens is 4. The molecular weight excluding hydrogens is 653 g/mol. The number of alkyl halides is 2. The van der Waals surface area contributed by atoms with Crippen molar-refractivity contribution in [2.75, 3.05) is 13.2 Å². The number of aliphatic hydroxyl groups is 2. The summed E-state index contributed by atoms with van der Waals surface area (Å²) in [6.07, 6.45) is 4.77. The van der Waals surface area contributed by atoms with E-state index in [-0.39, 0.29) is 48.4 Å². The summed E-state index contributed by atoms with van der Waals surface area (Å²) in [6.45, 7) is -3.09. The molecule has 240 valence electrons. The summed E-state index contributed by atoms with van der Waals surface area (Å²) in [6, 6.07) is 3.85. The first-order chi connectivity index (χ1) is 21.5. The van der Waals surface area contributed by atoms with Gasteiger partial charge in [0.05, 0.1) is 23.2 Å². The predicted octanol–water partition coefficient (Wildman–Crippen LogP) is 4.35. The highest BCUT2D eigenvalue weighted by Gasteiger charge is 2.55. The van der Waals surface area contributed by atoms with Gasteiger partial charge in [-0.3, -0.25) is 4.99 Å². The van der Waals surface area contributed by atoms with E-state index >= 15 is 0 Å². The second kappa shape index (κ2) is 11.5. The van der Waals surface area contributed by atoms with E-state index in [1.165, 1.54) is 29.5 Å². The largest absolute Gasteiger partial charge is 0.393 e. The molecule has 3 fully saturated rings. The third-order valence-electron chi connectivity index (χ3n) is 9.62. The molecule has 6 atom stereocenters. The highest BCUT2D eigenvalue weighted by atomic mass is 35.5. The van der Waals surface area contributed by atoms with Gasteiger partial charge in [0, 0.05) is 58.6 Å². The number of nitrogens with zero attached hydrogens (tertiary/aromatic N) is 5. The first-order valence-corrected chi connectivity index (χ1v) is 17.4. The molecule has 2 saturated carbocycles. The zero-order valence-corrected chi connectivity index (χ0v) is 26.1. The summed E-state index contributed by atoms with van der Waals surface area (Å²) in [7, 11) is -3.86. The summed E-state index contributed by atoms with van der Waals surface area (Å²) >= 11 is 7.85. The molecule has 2 aromatic heterocycles. The van der Waals surface area contributed by atoms with E-state index in [1.54, 1.807) is 11.6 Å². The van der Waals surface area contributed by atoms with E-state index in [0.29, 0.717) is 45.2 Å². The molecule has 4 heterocycles. The summed E-state index contributed by atoms with van der Waals surface area (Å²) in [5.74, 6) is -0.707. The van der Waals surface area contributed by atoms with Crippen LogP contribution in [0.4, 0.5) is 13.2 Å². The molecule has 10 nitrogen and oxygen atoms in total. The second-order valence-electron chi connectivity index (χ2n) is 12.1. The molecule has 4 aliphatic rings. The van der Waals surface area contributed by atoms with Crippen LogP contribution in [0.1, 0.15) is 61.0 Å². The Balaban J connectivity index is 1.28. The molecule has 45 heavy (non-hydrogen) atoms. The highest BCUT2D eigenvalue weighted by Crippen LogP contribution is 2.51. The van der Waals surface area contributed by atoms with Crippen molar-refractivity contribution in [1.82, 2.24) is 24.4 Å². The quantitative estimate of drug-likeness (QED) is 0.322. The van der Waals surface area contributed by atoms with Crippen molar-refractivity contribution in [3.8, 4) is 0 Å². The molecule has 0 amide bonds. The van der Waals surface area contributed by atoms with E-state index in [1.807, 2.05) is 4.90 Å². The van der Waals surface area contributed by atoms with Crippen LogP contribution in [0.2, 0.25) is 5.02 Å². The van der Waals surface area contributed by atoms with E-state index in [4.69, 9.17) is 16.6 Å². The number of benzene rings is 1. The third kappa shape index (κ3) is 5.30. The Morgan fingerprint density at radius 3 is 2.58 bits per heavy atom. The van der Waals surface area contributed by atoms with Gasteiger partial charge in [-0.25, -0.2) is 27.2 Å². The normalized spacial score (nSPS) is 29.9. The average Bonchev–Trinajstić information content (AvgIpc) is 3.79. The summed E-state index contributed by atoms with van der Waals surface area (Å²) < 4.78 is 72.3. The lowest BCUT2D eigenvalue weighted by Gasteiger charge is -2.41. The summed E-state index contributed by atoms with van der Waals surface area (Å²) in [5.41, 5.74) is 0.453. The lowest BCUT2D eigenvalue weighted by atomic mass is 9.75. The Hall–Kier alpha value is -2.82. The number of thiazole rings is 1. The van der Waals surface area contributed by atoms with Crippen LogP contribution in [-0.2, 0) is 10.0 Å². The Morgan fingerprint density at radius 1 is 1.20 bits per heavy atom. The van der Waals surface area contributed by atoms with Crippen LogP contribution in [0, 0.1) is 17.7 Å². The number of aliphatic imine (C=N–C) groups is 1. The summed E-state index contributed by atoms with van der Waals surface area (Å²) in [5, 5.41) is 26.6. The molecule has 16 heteroatoms. The molecule has 3 N–H and O–H groups in total.